The highest BCUT2D eigenvalue weighted by atomic mass is 79.9. The lowest BCUT2D eigenvalue weighted by Gasteiger charge is -2.14. The van der Waals surface area contributed by atoms with E-state index >= 15 is 0 Å². The number of aryl methyl sites for hydroxylation is 1. The van der Waals surface area contributed by atoms with E-state index in [1.54, 1.807) is 12.1 Å². The van der Waals surface area contributed by atoms with Crippen molar-refractivity contribution in [3.05, 3.63) is 57.6 Å². The van der Waals surface area contributed by atoms with Crippen LogP contribution in [0.3, 0.4) is 0 Å². The molecule has 0 atom stereocenters. The zero-order valence-electron chi connectivity index (χ0n) is 15.5. The molecule has 0 unspecified atom stereocenters. The van der Waals surface area contributed by atoms with Gasteiger partial charge in [0, 0.05) is 10.2 Å². The third-order valence-corrected chi connectivity index (χ3v) is 4.28. The Morgan fingerprint density at radius 3 is 2.39 bits per heavy atom. The number of allylic oxidation sites excluding steroid dienone is 1. The molecular formula is C21H18BrN3O3. The van der Waals surface area contributed by atoms with Crippen molar-refractivity contribution in [3.8, 4) is 23.6 Å². The second-order valence-corrected chi connectivity index (χ2v) is 6.59. The molecule has 1 N–H and O–H groups in total. The smallest absolute Gasteiger partial charge is 0.262 e. The van der Waals surface area contributed by atoms with Crippen LogP contribution in [0.4, 0.5) is 5.69 Å². The number of benzene rings is 2. The summed E-state index contributed by atoms with van der Waals surface area (Å²) in [6, 6.07) is 14.4. The van der Waals surface area contributed by atoms with Gasteiger partial charge in [-0.15, -0.1) is 0 Å². The zero-order valence-corrected chi connectivity index (χ0v) is 17.0. The van der Waals surface area contributed by atoms with E-state index in [1.807, 2.05) is 50.3 Å². The molecule has 28 heavy (non-hydrogen) atoms. The normalized spacial score (nSPS) is 9.61. The van der Waals surface area contributed by atoms with Crippen LogP contribution in [0, 0.1) is 29.6 Å². The monoisotopic (exact) mass is 439 g/mol. The summed E-state index contributed by atoms with van der Waals surface area (Å²) in [5.74, 6) is 0.485. The topological polar surface area (TPSA) is 95.1 Å². The van der Waals surface area contributed by atoms with E-state index in [2.05, 4.69) is 21.2 Å². The fraction of sp³-hybridized carbons (Fsp3) is 0.190. The molecule has 2 aromatic carbocycles. The molecule has 0 aromatic heterocycles. The number of carbonyl (C=O) groups is 1. The molecule has 0 aliphatic carbocycles. The first-order valence-corrected chi connectivity index (χ1v) is 9.23. The lowest BCUT2D eigenvalue weighted by atomic mass is 10.1. The van der Waals surface area contributed by atoms with Crippen molar-refractivity contribution >= 4 is 33.6 Å². The molecule has 0 radical (unpaired) electrons. The van der Waals surface area contributed by atoms with Crippen molar-refractivity contribution in [2.24, 2.45) is 0 Å². The summed E-state index contributed by atoms with van der Waals surface area (Å²) in [4.78, 5) is 12.1. The minimum Gasteiger partial charge on any atom is -0.490 e. The molecule has 0 spiro atoms. The molecule has 0 heterocycles. The van der Waals surface area contributed by atoms with E-state index in [0.29, 0.717) is 33.8 Å². The Bertz CT molecular complexity index is 954. The molecule has 6 nitrogen and oxygen atoms in total. The number of hydrogen-bond acceptors (Lipinski definition) is 5. The lowest BCUT2D eigenvalue weighted by molar-refractivity contribution is -0.118. The van der Waals surface area contributed by atoms with Crippen LogP contribution in [0.5, 0.6) is 11.5 Å². The summed E-state index contributed by atoms with van der Waals surface area (Å²) in [7, 11) is 0. The molecule has 142 valence electrons. The second kappa shape index (κ2) is 10.1. The molecule has 2 aromatic rings. The van der Waals surface area contributed by atoms with Gasteiger partial charge in [0.05, 0.1) is 6.61 Å². The first-order chi connectivity index (χ1) is 13.5. The Kier molecular flexibility index (Phi) is 7.62. The minimum absolute atomic E-state index is 0.0331. The molecule has 0 fully saturated rings. The maximum atomic E-state index is 12.1. The van der Waals surface area contributed by atoms with Crippen molar-refractivity contribution in [1.82, 2.24) is 0 Å². The van der Waals surface area contributed by atoms with Gasteiger partial charge < -0.3 is 14.8 Å². The van der Waals surface area contributed by atoms with E-state index in [-0.39, 0.29) is 18.1 Å². The van der Waals surface area contributed by atoms with Gasteiger partial charge in [-0.1, -0.05) is 33.6 Å². The number of nitriles is 2. The number of amides is 1. The van der Waals surface area contributed by atoms with Gasteiger partial charge in [0.15, 0.2) is 18.1 Å². The van der Waals surface area contributed by atoms with Crippen LogP contribution in [0.2, 0.25) is 0 Å². The van der Waals surface area contributed by atoms with Crippen molar-refractivity contribution in [2.45, 2.75) is 13.8 Å². The van der Waals surface area contributed by atoms with Crippen LogP contribution in [0.15, 0.2) is 46.4 Å². The molecular weight excluding hydrogens is 422 g/mol. The highest BCUT2D eigenvalue weighted by Crippen LogP contribution is 2.35. The summed E-state index contributed by atoms with van der Waals surface area (Å²) >= 11 is 3.39. The van der Waals surface area contributed by atoms with Crippen LogP contribution in [-0.4, -0.2) is 19.1 Å². The Morgan fingerprint density at radius 1 is 1.14 bits per heavy atom. The van der Waals surface area contributed by atoms with E-state index in [1.165, 1.54) is 6.08 Å². The minimum atomic E-state index is -0.303. The Balaban J connectivity index is 2.16. The van der Waals surface area contributed by atoms with E-state index in [9.17, 15) is 4.79 Å². The van der Waals surface area contributed by atoms with Gasteiger partial charge in [0.1, 0.15) is 17.7 Å². The number of hydrogen-bond donors (Lipinski definition) is 1. The molecule has 7 heteroatoms. The summed E-state index contributed by atoms with van der Waals surface area (Å²) in [5, 5.41) is 20.6. The third kappa shape index (κ3) is 5.87. The maximum Gasteiger partial charge on any atom is 0.262 e. The van der Waals surface area contributed by atoms with Crippen LogP contribution < -0.4 is 14.8 Å². The van der Waals surface area contributed by atoms with Gasteiger partial charge in [0.25, 0.3) is 5.91 Å². The molecule has 0 saturated heterocycles. The predicted molar refractivity (Wildman–Crippen MR) is 110 cm³/mol. The summed E-state index contributed by atoms with van der Waals surface area (Å²) in [6.07, 6.45) is 1.44. The van der Waals surface area contributed by atoms with Gasteiger partial charge in [-0.2, -0.15) is 10.5 Å². The Morgan fingerprint density at radius 2 is 1.79 bits per heavy atom. The number of nitrogens with one attached hydrogen (secondary N) is 1. The summed E-state index contributed by atoms with van der Waals surface area (Å²) in [5.41, 5.74) is 2.35. The Hall–Kier alpha value is -3.29. The number of ether oxygens (including phenoxy) is 2. The summed E-state index contributed by atoms with van der Waals surface area (Å²) < 4.78 is 11.8. The second-order valence-electron chi connectivity index (χ2n) is 5.74. The quantitative estimate of drug-likeness (QED) is 0.635. The van der Waals surface area contributed by atoms with Crippen LogP contribution in [-0.2, 0) is 4.79 Å². The average molecular weight is 440 g/mol. The number of carbonyl (C=O) groups excluding carboxylic acids is 1. The molecule has 0 bridgehead atoms. The van der Waals surface area contributed by atoms with E-state index in [4.69, 9.17) is 20.0 Å². The van der Waals surface area contributed by atoms with E-state index in [0.717, 1.165) is 5.56 Å². The van der Waals surface area contributed by atoms with E-state index < -0.39 is 0 Å². The highest BCUT2D eigenvalue weighted by Gasteiger charge is 2.13. The number of halogens is 1. The molecule has 0 aliphatic rings. The average Bonchev–Trinajstić information content (AvgIpc) is 2.68. The van der Waals surface area contributed by atoms with Crippen LogP contribution in [0.1, 0.15) is 18.1 Å². The number of rotatable bonds is 7. The van der Waals surface area contributed by atoms with Crippen molar-refractivity contribution in [3.63, 3.8) is 0 Å². The largest absolute Gasteiger partial charge is 0.490 e. The Labute approximate surface area is 172 Å². The van der Waals surface area contributed by atoms with Gasteiger partial charge in [0.2, 0.25) is 0 Å². The van der Waals surface area contributed by atoms with Gasteiger partial charge in [-0.25, -0.2) is 0 Å². The van der Waals surface area contributed by atoms with Gasteiger partial charge in [-0.3, -0.25) is 4.79 Å². The molecule has 0 aliphatic heterocycles. The van der Waals surface area contributed by atoms with Crippen molar-refractivity contribution < 1.29 is 14.3 Å². The standard InChI is InChI=1S/C21H18BrN3O3/c1-3-27-19-9-16(8-15(11-23)12-24)18(22)10-20(19)28-13-21(26)25-17-6-4-14(2)5-7-17/h4-10H,3,13H2,1-2H3,(H,25,26). The van der Waals surface area contributed by atoms with Gasteiger partial charge >= 0.3 is 0 Å². The zero-order chi connectivity index (χ0) is 20.5. The molecule has 0 saturated carbocycles. The lowest BCUT2D eigenvalue weighted by Crippen LogP contribution is -2.20. The first kappa shape index (κ1) is 21.0. The fourth-order valence-electron chi connectivity index (χ4n) is 2.26. The van der Waals surface area contributed by atoms with Crippen LogP contribution in [0.25, 0.3) is 6.08 Å². The third-order valence-electron chi connectivity index (χ3n) is 3.60. The van der Waals surface area contributed by atoms with Crippen molar-refractivity contribution in [1.29, 1.82) is 10.5 Å². The first-order valence-electron chi connectivity index (χ1n) is 8.44. The highest BCUT2D eigenvalue weighted by molar-refractivity contribution is 9.10. The SMILES string of the molecule is CCOc1cc(C=C(C#N)C#N)c(Br)cc1OCC(=O)Nc1ccc(C)cc1. The predicted octanol–water partition coefficient (Wildman–Crippen LogP) is 4.60. The molecule has 2 rings (SSSR count). The van der Waals surface area contributed by atoms with Crippen molar-refractivity contribution in [2.75, 3.05) is 18.5 Å². The van der Waals surface area contributed by atoms with Crippen LogP contribution >= 0.6 is 15.9 Å². The maximum absolute atomic E-state index is 12.1. The number of anilines is 1. The fourth-order valence-corrected chi connectivity index (χ4v) is 2.70. The molecule has 1 amide bonds. The van der Waals surface area contributed by atoms with Gasteiger partial charge in [-0.05, 0) is 49.8 Å². The number of nitrogens with zero attached hydrogens (tertiary/aromatic N) is 2. The summed E-state index contributed by atoms with van der Waals surface area (Å²) in [6.45, 7) is 3.98.